The molecule has 0 aromatic heterocycles. The monoisotopic (exact) mass is 471 g/mol. The molecule has 2 amide bonds. The van der Waals surface area contributed by atoms with Gasteiger partial charge in [-0.2, -0.15) is 4.31 Å². The van der Waals surface area contributed by atoms with Crippen LogP contribution in [0.3, 0.4) is 0 Å². The molecule has 0 aliphatic carbocycles. The lowest BCUT2D eigenvalue weighted by atomic mass is 10.1. The highest BCUT2D eigenvalue weighted by Gasteiger charge is 2.26. The molecule has 176 valence electrons. The number of benzene rings is 2. The Morgan fingerprint density at radius 2 is 1.64 bits per heavy atom. The Labute approximate surface area is 194 Å². The van der Waals surface area contributed by atoms with Crippen molar-refractivity contribution >= 4 is 33.2 Å². The van der Waals surface area contributed by atoms with E-state index < -0.39 is 15.9 Å². The number of nitrogens with one attached hydrogen (secondary N) is 1. The second-order valence-electron chi connectivity index (χ2n) is 8.33. The van der Waals surface area contributed by atoms with Gasteiger partial charge in [-0.05, 0) is 61.7 Å². The summed E-state index contributed by atoms with van der Waals surface area (Å²) in [5.74, 6) is 0.0636. The molecule has 9 heteroatoms. The van der Waals surface area contributed by atoms with Crippen molar-refractivity contribution in [3.8, 4) is 5.75 Å². The van der Waals surface area contributed by atoms with Gasteiger partial charge < -0.3 is 15.0 Å². The first-order valence-corrected chi connectivity index (χ1v) is 12.7. The number of amides is 2. The van der Waals surface area contributed by atoms with Gasteiger partial charge in [0.2, 0.25) is 15.9 Å². The van der Waals surface area contributed by atoms with Gasteiger partial charge >= 0.3 is 0 Å². The van der Waals surface area contributed by atoms with E-state index in [1.807, 2.05) is 0 Å². The Bertz CT molecular complexity index is 1120. The lowest BCUT2D eigenvalue weighted by Gasteiger charge is -2.21. The van der Waals surface area contributed by atoms with E-state index in [4.69, 9.17) is 4.74 Å². The standard InChI is InChI=1S/C24H29N3O5S/c1-32-22-13-12-20(33(30,31)26-14-4-2-3-5-15-26)17-21(22)25-24(29)18-8-10-19(11-9-18)27-16-6-7-23(27)28/h8-13,17H,2-7,14-16H2,1H3,(H,25,29). The van der Waals surface area contributed by atoms with E-state index in [9.17, 15) is 18.0 Å². The number of methoxy groups -OCH3 is 1. The van der Waals surface area contributed by atoms with Crippen molar-refractivity contribution < 1.29 is 22.7 Å². The molecular formula is C24H29N3O5S. The quantitative estimate of drug-likeness (QED) is 0.694. The summed E-state index contributed by atoms with van der Waals surface area (Å²) in [5, 5.41) is 2.78. The fourth-order valence-electron chi connectivity index (χ4n) is 4.28. The summed E-state index contributed by atoms with van der Waals surface area (Å²) in [6.45, 7) is 1.68. The maximum absolute atomic E-state index is 13.2. The van der Waals surface area contributed by atoms with Crippen LogP contribution in [0, 0.1) is 0 Å². The molecule has 4 rings (SSSR count). The predicted molar refractivity (Wildman–Crippen MR) is 126 cm³/mol. The molecule has 2 fully saturated rings. The smallest absolute Gasteiger partial charge is 0.255 e. The lowest BCUT2D eigenvalue weighted by molar-refractivity contribution is -0.117. The van der Waals surface area contributed by atoms with Crippen LogP contribution in [0.1, 0.15) is 48.9 Å². The summed E-state index contributed by atoms with van der Waals surface area (Å²) < 4.78 is 33.2. The molecule has 0 radical (unpaired) electrons. The van der Waals surface area contributed by atoms with Crippen molar-refractivity contribution in [1.29, 1.82) is 0 Å². The number of hydrogen-bond donors (Lipinski definition) is 1. The summed E-state index contributed by atoms with van der Waals surface area (Å²) in [7, 11) is -2.20. The van der Waals surface area contributed by atoms with Crippen LogP contribution in [0.2, 0.25) is 0 Å². The van der Waals surface area contributed by atoms with Gasteiger partial charge in [0.1, 0.15) is 5.75 Å². The molecule has 2 aliphatic rings. The Balaban J connectivity index is 1.54. The van der Waals surface area contributed by atoms with E-state index in [2.05, 4.69) is 5.32 Å². The van der Waals surface area contributed by atoms with Crippen LogP contribution >= 0.6 is 0 Å². The highest BCUT2D eigenvalue weighted by atomic mass is 32.2. The second-order valence-corrected chi connectivity index (χ2v) is 10.3. The van der Waals surface area contributed by atoms with Gasteiger partial charge in [-0.1, -0.05) is 12.8 Å². The summed E-state index contributed by atoms with van der Waals surface area (Å²) in [6, 6.07) is 11.3. The Hall–Kier alpha value is -2.91. The molecule has 0 unspecified atom stereocenters. The van der Waals surface area contributed by atoms with E-state index in [0.29, 0.717) is 37.4 Å². The van der Waals surface area contributed by atoms with Crippen LogP contribution in [0.25, 0.3) is 0 Å². The molecule has 2 aromatic rings. The molecule has 8 nitrogen and oxygen atoms in total. The highest BCUT2D eigenvalue weighted by Crippen LogP contribution is 2.30. The van der Waals surface area contributed by atoms with Gasteiger partial charge in [0.15, 0.2) is 0 Å². The van der Waals surface area contributed by atoms with Crippen LogP contribution in [-0.4, -0.2) is 51.3 Å². The number of carbonyl (C=O) groups excluding carboxylic acids is 2. The molecule has 0 atom stereocenters. The Morgan fingerprint density at radius 1 is 0.939 bits per heavy atom. The predicted octanol–water partition coefficient (Wildman–Crippen LogP) is 3.64. The third kappa shape index (κ3) is 5.04. The van der Waals surface area contributed by atoms with Gasteiger partial charge in [-0.3, -0.25) is 9.59 Å². The molecule has 0 bridgehead atoms. The topological polar surface area (TPSA) is 96.0 Å². The van der Waals surface area contributed by atoms with Gasteiger partial charge in [-0.25, -0.2) is 8.42 Å². The molecule has 2 heterocycles. The van der Waals surface area contributed by atoms with E-state index in [0.717, 1.165) is 37.8 Å². The lowest BCUT2D eigenvalue weighted by Crippen LogP contribution is -2.32. The average molecular weight is 472 g/mol. The first kappa shape index (κ1) is 23.3. The number of nitrogens with zero attached hydrogens (tertiary/aromatic N) is 2. The summed E-state index contributed by atoms with van der Waals surface area (Å²) in [6.07, 6.45) is 5.12. The molecular weight excluding hydrogens is 442 g/mol. The number of anilines is 2. The second kappa shape index (κ2) is 9.93. The molecule has 1 N–H and O–H groups in total. The largest absolute Gasteiger partial charge is 0.495 e. The Kier molecular flexibility index (Phi) is 6.99. The molecule has 2 saturated heterocycles. The fourth-order valence-corrected chi connectivity index (χ4v) is 5.83. The third-order valence-electron chi connectivity index (χ3n) is 6.14. The number of hydrogen-bond acceptors (Lipinski definition) is 5. The molecule has 33 heavy (non-hydrogen) atoms. The summed E-state index contributed by atoms with van der Waals surface area (Å²) in [4.78, 5) is 26.7. The first-order chi connectivity index (χ1) is 15.9. The first-order valence-electron chi connectivity index (χ1n) is 11.3. The van der Waals surface area contributed by atoms with Crippen molar-refractivity contribution in [2.45, 2.75) is 43.4 Å². The highest BCUT2D eigenvalue weighted by molar-refractivity contribution is 7.89. The average Bonchev–Trinajstić information content (AvgIpc) is 3.06. The molecule has 2 aliphatic heterocycles. The van der Waals surface area contributed by atoms with Crippen LogP contribution in [0.15, 0.2) is 47.4 Å². The molecule has 0 saturated carbocycles. The minimum Gasteiger partial charge on any atom is -0.495 e. The van der Waals surface area contributed by atoms with Gasteiger partial charge in [0, 0.05) is 37.3 Å². The Morgan fingerprint density at radius 3 is 2.24 bits per heavy atom. The number of carbonyl (C=O) groups is 2. The fraction of sp³-hybridized carbons (Fsp3) is 0.417. The minimum absolute atomic E-state index is 0.0828. The van der Waals surface area contributed by atoms with Crippen molar-refractivity contribution in [2.24, 2.45) is 0 Å². The zero-order valence-corrected chi connectivity index (χ0v) is 19.6. The van der Waals surface area contributed by atoms with Crippen LogP contribution in [-0.2, 0) is 14.8 Å². The van der Waals surface area contributed by atoms with Gasteiger partial charge in [0.05, 0.1) is 17.7 Å². The third-order valence-corrected chi connectivity index (χ3v) is 8.03. The number of rotatable bonds is 6. The summed E-state index contributed by atoms with van der Waals surface area (Å²) >= 11 is 0. The number of ether oxygens (including phenoxy) is 1. The summed E-state index contributed by atoms with van der Waals surface area (Å²) in [5.41, 5.74) is 1.45. The zero-order valence-electron chi connectivity index (χ0n) is 18.7. The molecule has 0 spiro atoms. The van der Waals surface area contributed by atoms with Crippen molar-refractivity contribution in [2.75, 3.05) is 37.0 Å². The van der Waals surface area contributed by atoms with Gasteiger partial charge in [0.25, 0.3) is 5.91 Å². The normalized spacial score (nSPS) is 17.6. The van der Waals surface area contributed by atoms with E-state index in [1.165, 1.54) is 23.5 Å². The molecule has 2 aromatic carbocycles. The van der Waals surface area contributed by atoms with Crippen LogP contribution in [0.4, 0.5) is 11.4 Å². The van der Waals surface area contributed by atoms with Crippen molar-refractivity contribution in [3.05, 3.63) is 48.0 Å². The van der Waals surface area contributed by atoms with E-state index >= 15 is 0 Å². The zero-order chi connectivity index (χ0) is 23.4. The number of sulfonamides is 1. The van der Waals surface area contributed by atoms with Gasteiger partial charge in [-0.15, -0.1) is 0 Å². The maximum Gasteiger partial charge on any atom is 0.255 e. The maximum atomic E-state index is 13.2. The minimum atomic E-state index is -3.66. The van der Waals surface area contributed by atoms with E-state index in [-0.39, 0.29) is 16.5 Å². The van der Waals surface area contributed by atoms with Crippen molar-refractivity contribution in [1.82, 2.24) is 4.31 Å². The van der Waals surface area contributed by atoms with Crippen molar-refractivity contribution in [3.63, 3.8) is 0 Å². The van der Waals surface area contributed by atoms with Crippen LogP contribution in [0.5, 0.6) is 5.75 Å². The SMILES string of the molecule is COc1ccc(S(=O)(=O)N2CCCCCC2)cc1NC(=O)c1ccc(N2CCCC2=O)cc1. The van der Waals surface area contributed by atoms with Crippen LogP contribution < -0.4 is 15.0 Å². The van der Waals surface area contributed by atoms with E-state index in [1.54, 1.807) is 35.2 Å².